The molecule has 14 heavy (non-hydrogen) atoms. The first-order valence-electron chi connectivity index (χ1n) is 6.34. The van der Waals surface area contributed by atoms with Crippen LogP contribution in [0.3, 0.4) is 0 Å². The molecule has 2 aliphatic rings. The van der Waals surface area contributed by atoms with Crippen LogP contribution in [0.2, 0.25) is 0 Å². The van der Waals surface area contributed by atoms with Gasteiger partial charge in [0.15, 0.2) is 0 Å². The van der Waals surface area contributed by atoms with Crippen molar-refractivity contribution in [2.24, 2.45) is 5.92 Å². The third kappa shape index (κ3) is 2.69. The molecule has 2 unspecified atom stereocenters. The molecule has 0 aromatic heterocycles. The summed E-state index contributed by atoms with van der Waals surface area (Å²) in [6, 6.07) is 0. The van der Waals surface area contributed by atoms with Crippen molar-refractivity contribution in [1.82, 2.24) is 0 Å². The lowest BCUT2D eigenvalue weighted by atomic mass is 9.87. The topological polar surface area (TPSA) is 4.44 Å². The van der Waals surface area contributed by atoms with Crippen LogP contribution >= 0.6 is 0 Å². The van der Waals surface area contributed by atoms with Crippen molar-refractivity contribution in [3.8, 4) is 0 Å². The normalized spacial score (nSPS) is 35.8. The molecular formula is C12H23FN+. The minimum Gasteiger partial charge on any atom is -0.335 e. The summed E-state index contributed by atoms with van der Waals surface area (Å²) in [6.07, 6.45) is 7.98. The van der Waals surface area contributed by atoms with E-state index in [1.165, 1.54) is 38.8 Å². The fraction of sp³-hybridized carbons (Fsp3) is 1.00. The summed E-state index contributed by atoms with van der Waals surface area (Å²) >= 11 is 0. The maximum absolute atomic E-state index is 13.6. The minimum absolute atomic E-state index is 0.386. The molecule has 0 bridgehead atoms. The third-order valence-corrected chi connectivity index (χ3v) is 3.93. The van der Waals surface area contributed by atoms with Gasteiger partial charge in [-0.25, -0.2) is 4.39 Å². The number of hydrogen-bond donors (Lipinski definition) is 1. The van der Waals surface area contributed by atoms with Crippen LogP contribution in [0.4, 0.5) is 4.39 Å². The minimum atomic E-state index is -0.488. The fourth-order valence-corrected chi connectivity index (χ4v) is 3.02. The molecule has 82 valence electrons. The number of quaternary nitrogens is 1. The second-order valence-electron chi connectivity index (χ2n) is 5.08. The van der Waals surface area contributed by atoms with Gasteiger partial charge in [-0.15, -0.1) is 0 Å². The highest BCUT2D eigenvalue weighted by Gasteiger charge is 2.29. The number of alkyl halides is 1. The van der Waals surface area contributed by atoms with Gasteiger partial charge < -0.3 is 4.90 Å². The summed E-state index contributed by atoms with van der Waals surface area (Å²) in [5, 5.41) is 0. The number of rotatable bonds is 2. The summed E-state index contributed by atoms with van der Waals surface area (Å²) in [5.74, 6) is 0.386. The SMILES string of the molecule is FC1CCCCC1C[NH+]1CCCCC1. The van der Waals surface area contributed by atoms with Gasteiger partial charge in [0.05, 0.1) is 19.6 Å². The third-order valence-electron chi connectivity index (χ3n) is 3.93. The second-order valence-corrected chi connectivity index (χ2v) is 5.08. The first kappa shape index (κ1) is 10.4. The molecule has 1 heterocycles. The number of piperidine rings is 1. The molecule has 1 saturated heterocycles. The van der Waals surface area contributed by atoms with Crippen LogP contribution in [0, 0.1) is 5.92 Å². The lowest BCUT2D eigenvalue weighted by Crippen LogP contribution is -3.13. The van der Waals surface area contributed by atoms with Crippen molar-refractivity contribution < 1.29 is 9.29 Å². The van der Waals surface area contributed by atoms with E-state index in [0.29, 0.717) is 5.92 Å². The number of nitrogens with one attached hydrogen (secondary N) is 1. The van der Waals surface area contributed by atoms with Crippen molar-refractivity contribution >= 4 is 0 Å². The van der Waals surface area contributed by atoms with E-state index in [1.54, 1.807) is 4.90 Å². The quantitative estimate of drug-likeness (QED) is 0.690. The Balaban J connectivity index is 1.76. The van der Waals surface area contributed by atoms with Crippen LogP contribution < -0.4 is 4.90 Å². The predicted molar refractivity (Wildman–Crippen MR) is 56.3 cm³/mol. The highest BCUT2D eigenvalue weighted by atomic mass is 19.1. The average molecular weight is 200 g/mol. The Bertz CT molecular complexity index is 166. The van der Waals surface area contributed by atoms with Crippen molar-refractivity contribution in [1.29, 1.82) is 0 Å². The molecule has 0 aromatic carbocycles. The number of likely N-dealkylation sites (tertiary alicyclic amines) is 1. The van der Waals surface area contributed by atoms with E-state index in [4.69, 9.17) is 0 Å². The van der Waals surface area contributed by atoms with Gasteiger partial charge in [-0.3, -0.25) is 0 Å². The van der Waals surface area contributed by atoms with E-state index in [1.807, 2.05) is 0 Å². The van der Waals surface area contributed by atoms with E-state index in [-0.39, 0.29) is 0 Å². The summed E-state index contributed by atoms with van der Waals surface area (Å²) < 4.78 is 13.6. The van der Waals surface area contributed by atoms with Crippen molar-refractivity contribution in [3.05, 3.63) is 0 Å². The van der Waals surface area contributed by atoms with E-state index in [2.05, 4.69) is 0 Å². The van der Waals surface area contributed by atoms with E-state index < -0.39 is 6.17 Å². The Morgan fingerprint density at radius 3 is 2.36 bits per heavy atom. The summed E-state index contributed by atoms with van der Waals surface area (Å²) in [4.78, 5) is 1.67. The van der Waals surface area contributed by atoms with Crippen LogP contribution in [0.25, 0.3) is 0 Å². The van der Waals surface area contributed by atoms with Crippen LogP contribution in [-0.4, -0.2) is 25.8 Å². The van der Waals surface area contributed by atoms with Gasteiger partial charge in [0.2, 0.25) is 0 Å². The molecule has 1 N–H and O–H groups in total. The molecule has 0 aromatic rings. The lowest BCUT2D eigenvalue weighted by molar-refractivity contribution is -0.908. The molecule has 2 heteroatoms. The van der Waals surface area contributed by atoms with Crippen molar-refractivity contribution in [2.45, 2.75) is 51.1 Å². The Morgan fingerprint density at radius 2 is 1.64 bits per heavy atom. The van der Waals surface area contributed by atoms with Gasteiger partial charge in [0, 0.05) is 5.92 Å². The first-order valence-corrected chi connectivity index (χ1v) is 6.34. The van der Waals surface area contributed by atoms with Crippen LogP contribution in [0.15, 0.2) is 0 Å². The molecule has 0 radical (unpaired) electrons. The van der Waals surface area contributed by atoms with E-state index >= 15 is 0 Å². The van der Waals surface area contributed by atoms with Gasteiger partial charge in [0.1, 0.15) is 6.17 Å². The molecule has 1 aliphatic carbocycles. The Labute approximate surface area is 86.7 Å². The van der Waals surface area contributed by atoms with E-state index in [9.17, 15) is 4.39 Å². The molecule has 0 amide bonds. The van der Waals surface area contributed by atoms with Gasteiger partial charge in [-0.1, -0.05) is 12.8 Å². The number of halogens is 1. The first-order chi connectivity index (χ1) is 6.86. The molecule has 2 rings (SSSR count). The molecule has 2 atom stereocenters. The standard InChI is InChI=1S/C12H22FN/c13-12-7-3-2-6-11(12)10-14-8-4-1-5-9-14/h11-12H,1-10H2/p+1. The second kappa shape index (κ2) is 5.11. The molecule has 1 saturated carbocycles. The zero-order chi connectivity index (χ0) is 9.80. The molecule has 2 fully saturated rings. The Hall–Kier alpha value is -0.110. The highest BCUT2D eigenvalue weighted by Crippen LogP contribution is 2.25. The fourth-order valence-electron chi connectivity index (χ4n) is 3.02. The summed E-state index contributed by atoms with van der Waals surface area (Å²) in [6.45, 7) is 3.70. The zero-order valence-electron chi connectivity index (χ0n) is 9.10. The highest BCUT2D eigenvalue weighted by molar-refractivity contribution is 4.74. The van der Waals surface area contributed by atoms with Crippen molar-refractivity contribution in [3.63, 3.8) is 0 Å². The maximum atomic E-state index is 13.6. The average Bonchev–Trinajstić information content (AvgIpc) is 2.23. The van der Waals surface area contributed by atoms with E-state index in [0.717, 1.165) is 25.8 Å². The van der Waals surface area contributed by atoms with Gasteiger partial charge in [-0.2, -0.15) is 0 Å². The maximum Gasteiger partial charge on any atom is 0.108 e. The van der Waals surface area contributed by atoms with Gasteiger partial charge in [-0.05, 0) is 32.1 Å². The lowest BCUT2D eigenvalue weighted by Gasteiger charge is -2.31. The van der Waals surface area contributed by atoms with Crippen molar-refractivity contribution in [2.75, 3.05) is 19.6 Å². The Kier molecular flexibility index (Phi) is 3.80. The summed E-state index contributed by atoms with van der Waals surface area (Å²) in [7, 11) is 0. The van der Waals surface area contributed by atoms with Gasteiger partial charge >= 0.3 is 0 Å². The molecule has 1 aliphatic heterocycles. The summed E-state index contributed by atoms with van der Waals surface area (Å²) in [5.41, 5.74) is 0. The monoisotopic (exact) mass is 200 g/mol. The van der Waals surface area contributed by atoms with Gasteiger partial charge in [0.25, 0.3) is 0 Å². The van der Waals surface area contributed by atoms with Crippen LogP contribution in [0.1, 0.15) is 44.9 Å². The Morgan fingerprint density at radius 1 is 0.929 bits per heavy atom. The smallest absolute Gasteiger partial charge is 0.108 e. The molecule has 1 nitrogen and oxygen atoms in total. The molecular weight excluding hydrogens is 177 g/mol. The number of hydrogen-bond acceptors (Lipinski definition) is 0. The molecule has 0 spiro atoms. The van der Waals surface area contributed by atoms with Crippen LogP contribution in [-0.2, 0) is 0 Å². The zero-order valence-corrected chi connectivity index (χ0v) is 9.10. The predicted octanol–water partition coefficient (Wildman–Crippen LogP) is 1.58. The largest absolute Gasteiger partial charge is 0.335 e. The van der Waals surface area contributed by atoms with Crippen LogP contribution in [0.5, 0.6) is 0 Å².